The van der Waals surface area contributed by atoms with Crippen molar-refractivity contribution in [3.8, 4) is 0 Å². The van der Waals surface area contributed by atoms with Crippen molar-refractivity contribution < 1.29 is 14.4 Å². The fourth-order valence-corrected chi connectivity index (χ4v) is 8.71. The lowest BCUT2D eigenvalue weighted by Crippen LogP contribution is -2.53. The number of carbonyl (C=O) groups excluding carboxylic acids is 3. The van der Waals surface area contributed by atoms with Crippen LogP contribution < -0.4 is 10.2 Å². The summed E-state index contributed by atoms with van der Waals surface area (Å²) in [5.41, 5.74) is 4.34. The van der Waals surface area contributed by atoms with E-state index in [9.17, 15) is 14.4 Å². The standard InChI is InChI=1S/C33H37N5O3/c39-29-10-9-27(31(40)35-29)38-26-8-7-22(24-4-1-5-25(30(24)26)32(38)41)18-21-19-34-37(20-21)23-11-16-36(17-12-23)28-6-2-13-33(28)14-3-15-33/h1,4-5,7-8,19-20,23,27-28H,2-3,6,9-18H2,(H,35,39,40). The van der Waals surface area contributed by atoms with Gasteiger partial charge in [0.15, 0.2) is 0 Å². The molecule has 0 radical (unpaired) electrons. The van der Waals surface area contributed by atoms with E-state index in [1.54, 1.807) is 4.90 Å². The Kier molecular flexibility index (Phi) is 5.85. The molecular weight excluding hydrogens is 514 g/mol. The van der Waals surface area contributed by atoms with Gasteiger partial charge in [-0.05, 0) is 79.0 Å². The second-order valence-corrected chi connectivity index (χ2v) is 13.0. The second kappa shape index (κ2) is 9.51. The van der Waals surface area contributed by atoms with Crippen molar-refractivity contribution in [3.63, 3.8) is 0 Å². The number of rotatable bonds is 5. The Labute approximate surface area is 240 Å². The van der Waals surface area contributed by atoms with Crippen molar-refractivity contribution in [1.29, 1.82) is 0 Å². The van der Waals surface area contributed by atoms with Crippen molar-refractivity contribution >= 4 is 34.2 Å². The Morgan fingerprint density at radius 3 is 2.56 bits per heavy atom. The lowest BCUT2D eigenvalue weighted by Gasteiger charge is -2.49. The molecule has 2 aliphatic carbocycles. The van der Waals surface area contributed by atoms with Crippen LogP contribution in [0.1, 0.15) is 91.7 Å². The van der Waals surface area contributed by atoms with Crippen molar-refractivity contribution in [2.45, 2.75) is 88.8 Å². The molecule has 3 aromatic rings. The number of aromatic nitrogens is 2. The Morgan fingerprint density at radius 2 is 1.78 bits per heavy atom. The zero-order chi connectivity index (χ0) is 27.7. The van der Waals surface area contributed by atoms with Crippen LogP contribution >= 0.6 is 0 Å². The van der Waals surface area contributed by atoms with Gasteiger partial charge in [-0.1, -0.05) is 31.0 Å². The lowest BCUT2D eigenvalue weighted by atomic mass is 9.64. The highest BCUT2D eigenvalue weighted by Gasteiger charge is 2.49. The molecule has 4 heterocycles. The van der Waals surface area contributed by atoms with Gasteiger partial charge in [-0.2, -0.15) is 5.10 Å². The highest BCUT2D eigenvalue weighted by Crippen LogP contribution is 2.55. The minimum atomic E-state index is -0.667. The number of nitrogens with one attached hydrogen (secondary N) is 1. The summed E-state index contributed by atoms with van der Waals surface area (Å²) in [5.74, 6) is -0.848. The highest BCUT2D eigenvalue weighted by atomic mass is 16.2. The third kappa shape index (κ3) is 3.97. The number of piperidine rings is 2. The van der Waals surface area contributed by atoms with Gasteiger partial charge in [0.1, 0.15) is 6.04 Å². The van der Waals surface area contributed by atoms with Gasteiger partial charge in [0, 0.05) is 49.1 Å². The van der Waals surface area contributed by atoms with Gasteiger partial charge in [0.05, 0.1) is 17.9 Å². The highest BCUT2D eigenvalue weighted by molar-refractivity contribution is 6.27. The van der Waals surface area contributed by atoms with Gasteiger partial charge >= 0.3 is 0 Å². The molecule has 0 bridgehead atoms. The number of benzene rings is 2. The molecule has 8 nitrogen and oxygen atoms in total. The third-order valence-electron chi connectivity index (χ3n) is 10.9. The topological polar surface area (TPSA) is 87.5 Å². The first-order valence-electron chi connectivity index (χ1n) is 15.5. The van der Waals surface area contributed by atoms with Crippen LogP contribution in [-0.2, 0) is 16.0 Å². The van der Waals surface area contributed by atoms with Crippen LogP contribution in [0, 0.1) is 5.41 Å². The van der Waals surface area contributed by atoms with Gasteiger partial charge < -0.3 is 0 Å². The van der Waals surface area contributed by atoms with E-state index in [0.29, 0.717) is 23.4 Å². The molecule has 8 heteroatoms. The van der Waals surface area contributed by atoms with Gasteiger partial charge in [-0.3, -0.25) is 34.2 Å². The van der Waals surface area contributed by atoms with E-state index in [1.807, 2.05) is 24.4 Å². The maximum absolute atomic E-state index is 13.5. The Morgan fingerprint density at radius 1 is 0.951 bits per heavy atom. The fourth-order valence-electron chi connectivity index (χ4n) is 8.71. The van der Waals surface area contributed by atoms with Crippen molar-refractivity contribution in [2.75, 3.05) is 18.0 Å². The molecule has 41 heavy (non-hydrogen) atoms. The summed E-state index contributed by atoms with van der Waals surface area (Å²) in [6.07, 6.45) is 16.4. The zero-order valence-corrected chi connectivity index (χ0v) is 23.5. The molecule has 2 saturated carbocycles. The average Bonchev–Trinajstić information content (AvgIpc) is 3.68. The molecule has 1 N–H and O–H groups in total. The summed E-state index contributed by atoms with van der Waals surface area (Å²) in [6, 6.07) is 10.5. The van der Waals surface area contributed by atoms with Crippen LogP contribution in [0.2, 0.25) is 0 Å². The van der Waals surface area contributed by atoms with E-state index in [1.165, 1.54) is 57.2 Å². The predicted molar refractivity (Wildman–Crippen MR) is 156 cm³/mol. The number of likely N-dealkylation sites (tertiary alicyclic amines) is 1. The van der Waals surface area contributed by atoms with Crippen molar-refractivity contribution in [3.05, 3.63) is 59.4 Å². The average molecular weight is 552 g/mol. The summed E-state index contributed by atoms with van der Waals surface area (Å²) < 4.78 is 2.19. The number of imide groups is 1. The molecule has 2 aromatic carbocycles. The SMILES string of the molecule is O=C1CCC(N2C(=O)c3cccc4c(Cc5cnn(C6CCN(C7CCCC78CCC8)CC6)c5)ccc2c34)C(=O)N1. The Hall–Kier alpha value is -3.52. The van der Waals surface area contributed by atoms with Crippen LogP contribution in [-0.4, -0.2) is 57.6 Å². The molecule has 8 rings (SSSR count). The molecule has 4 fully saturated rings. The zero-order valence-electron chi connectivity index (χ0n) is 23.5. The third-order valence-corrected chi connectivity index (χ3v) is 10.9. The monoisotopic (exact) mass is 551 g/mol. The van der Waals surface area contributed by atoms with Crippen LogP contribution in [0.3, 0.4) is 0 Å². The number of amides is 3. The molecule has 2 unspecified atom stereocenters. The number of nitrogens with zero attached hydrogens (tertiary/aromatic N) is 4. The summed E-state index contributed by atoms with van der Waals surface area (Å²) >= 11 is 0. The molecule has 1 spiro atoms. The van der Waals surface area contributed by atoms with E-state index >= 15 is 0 Å². The Bertz CT molecular complexity index is 1560. The number of carbonyl (C=O) groups is 3. The minimum Gasteiger partial charge on any atom is -0.300 e. The maximum atomic E-state index is 13.5. The summed E-state index contributed by atoms with van der Waals surface area (Å²) in [5, 5.41) is 9.14. The van der Waals surface area contributed by atoms with Crippen LogP contribution in [0.15, 0.2) is 42.7 Å². The van der Waals surface area contributed by atoms with Gasteiger partial charge in [-0.25, -0.2) is 0 Å². The normalized spacial score (nSPS) is 26.2. The van der Waals surface area contributed by atoms with Gasteiger partial charge in [0.25, 0.3) is 5.91 Å². The quantitative estimate of drug-likeness (QED) is 0.463. The summed E-state index contributed by atoms with van der Waals surface area (Å²) in [4.78, 5) is 42.2. The lowest BCUT2D eigenvalue weighted by molar-refractivity contribution is -0.134. The van der Waals surface area contributed by atoms with E-state index in [2.05, 4.69) is 33.2 Å². The smallest absolute Gasteiger partial charge is 0.259 e. The predicted octanol–water partition coefficient (Wildman–Crippen LogP) is 4.75. The van der Waals surface area contributed by atoms with Gasteiger partial charge in [-0.15, -0.1) is 0 Å². The van der Waals surface area contributed by atoms with Crippen LogP contribution in [0.4, 0.5) is 5.69 Å². The fraction of sp³-hybridized carbons (Fsp3) is 0.515. The molecule has 2 atom stereocenters. The van der Waals surface area contributed by atoms with Crippen LogP contribution in [0.25, 0.3) is 10.8 Å². The van der Waals surface area contributed by atoms with E-state index in [0.717, 1.165) is 47.3 Å². The maximum Gasteiger partial charge on any atom is 0.259 e. The number of hydrogen-bond acceptors (Lipinski definition) is 5. The largest absolute Gasteiger partial charge is 0.300 e. The van der Waals surface area contributed by atoms with E-state index < -0.39 is 11.9 Å². The van der Waals surface area contributed by atoms with Crippen LogP contribution in [0.5, 0.6) is 0 Å². The summed E-state index contributed by atoms with van der Waals surface area (Å²) in [6.45, 7) is 2.36. The molecule has 1 aromatic heterocycles. The molecule has 3 aliphatic heterocycles. The molecule has 5 aliphatic rings. The molecule has 2 saturated heterocycles. The molecule has 3 amide bonds. The molecular formula is C33H37N5O3. The first-order valence-corrected chi connectivity index (χ1v) is 15.5. The minimum absolute atomic E-state index is 0.169. The first-order chi connectivity index (χ1) is 20.0. The number of hydrogen-bond donors (Lipinski definition) is 1. The van der Waals surface area contributed by atoms with E-state index in [-0.39, 0.29) is 18.2 Å². The first kappa shape index (κ1) is 25.2. The Balaban J connectivity index is 0.996. The summed E-state index contributed by atoms with van der Waals surface area (Å²) in [7, 11) is 0. The number of anilines is 1. The van der Waals surface area contributed by atoms with Crippen molar-refractivity contribution in [1.82, 2.24) is 20.0 Å². The second-order valence-electron chi connectivity index (χ2n) is 13.0. The van der Waals surface area contributed by atoms with Crippen molar-refractivity contribution in [2.24, 2.45) is 5.41 Å². The van der Waals surface area contributed by atoms with E-state index in [4.69, 9.17) is 5.10 Å². The van der Waals surface area contributed by atoms with Gasteiger partial charge in [0.2, 0.25) is 11.8 Å². The molecule has 212 valence electrons.